The Balaban J connectivity index is 1.77. The van der Waals surface area contributed by atoms with Gasteiger partial charge in [0.25, 0.3) is 0 Å². The molecule has 0 aromatic heterocycles. The highest BCUT2D eigenvalue weighted by Gasteiger charge is 2.35. The van der Waals surface area contributed by atoms with Crippen LogP contribution in [0, 0.1) is 5.92 Å². The number of hydrogen-bond acceptors (Lipinski definition) is 3. The van der Waals surface area contributed by atoms with E-state index >= 15 is 0 Å². The molecule has 0 unspecified atom stereocenters. The number of aliphatic carboxylic acids is 1. The van der Waals surface area contributed by atoms with Gasteiger partial charge in [0.1, 0.15) is 0 Å². The molecule has 6 nitrogen and oxygen atoms in total. The third kappa shape index (κ3) is 3.13. The van der Waals surface area contributed by atoms with Crippen molar-refractivity contribution in [3.63, 3.8) is 0 Å². The Bertz CT molecular complexity index is 673. The van der Waals surface area contributed by atoms with Gasteiger partial charge in [-0.25, -0.2) is 0 Å². The molecule has 2 aliphatic rings. The maximum absolute atomic E-state index is 12.7. The molecule has 0 aliphatic carbocycles. The minimum absolute atomic E-state index is 0.0351. The van der Waals surface area contributed by atoms with E-state index in [0.717, 1.165) is 12.0 Å². The second-order valence-corrected chi connectivity index (χ2v) is 6.54. The van der Waals surface area contributed by atoms with Crippen LogP contribution in [0.4, 0.5) is 0 Å². The van der Waals surface area contributed by atoms with E-state index < -0.39 is 11.9 Å². The summed E-state index contributed by atoms with van der Waals surface area (Å²) >= 11 is 0. The molecule has 2 amide bonds. The molecule has 0 saturated carbocycles. The molecule has 128 valence electrons. The minimum atomic E-state index is -0.848. The molecule has 2 aliphatic heterocycles. The highest BCUT2D eigenvalue weighted by atomic mass is 16.4. The average molecular weight is 330 g/mol. The van der Waals surface area contributed by atoms with Gasteiger partial charge in [0.2, 0.25) is 11.8 Å². The normalized spacial score (nSPS) is 23.0. The van der Waals surface area contributed by atoms with Gasteiger partial charge in [0.15, 0.2) is 0 Å². The molecule has 1 aromatic rings. The molecular formula is C18H22N2O4. The summed E-state index contributed by atoms with van der Waals surface area (Å²) in [6.07, 6.45) is 1.51. The average Bonchev–Trinajstić information content (AvgIpc) is 3.05. The van der Waals surface area contributed by atoms with E-state index in [1.54, 1.807) is 9.80 Å². The summed E-state index contributed by atoms with van der Waals surface area (Å²) < 4.78 is 0. The van der Waals surface area contributed by atoms with Gasteiger partial charge in [-0.3, -0.25) is 14.4 Å². The number of carbonyl (C=O) groups excluding carboxylic acids is 2. The zero-order chi connectivity index (χ0) is 17.3. The summed E-state index contributed by atoms with van der Waals surface area (Å²) in [7, 11) is 0. The lowest BCUT2D eigenvalue weighted by Crippen LogP contribution is -2.41. The Labute approximate surface area is 141 Å². The molecule has 1 aromatic carbocycles. The maximum Gasteiger partial charge on any atom is 0.308 e. The summed E-state index contributed by atoms with van der Waals surface area (Å²) in [5.41, 5.74) is 2.21. The molecule has 0 bridgehead atoms. The minimum Gasteiger partial charge on any atom is -0.481 e. The monoisotopic (exact) mass is 330 g/mol. The Kier molecular flexibility index (Phi) is 4.55. The van der Waals surface area contributed by atoms with Crippen LogP contribution in [0.3, 0.4) is 0 Å². The van der Waals surface area contributed by atoms with E-state index in [9.17, 15) is 14.4 Å². The van der Waals surface area contributed by atoms with Crippen LogP contribution in [0.2, 0.25) is 0 Å². The second kappa shape index (κ2) is 6.63. The molecule has 2 atom stereocenters. The first-order valence-corrected chi connectivity index (χ1v) is 8.33. The lowest BCUT2D eigenvalue weighted by molar-refractivity contribution is -0.141. The topological polar surface area (TPSA) is 77.9 Å². The largest absolute Gasteiger partial charge is 0.481 e. The Morgan fingerprint density at radius 1 is 1.21 bits per heavy atom. The number of amides is 2. The van der Waals surface area contributed by atoms with Gasteiger partial charge in [-0.05, 0) is 24.0 Å². The first-order chi connectivity index (χ1) is 11.5. The summed E-state index contributed by atoms with van der Waals surface area (Å²) in [5.74, 6) is -1.44. The quantitative estimate of drug-likeness (QED) is 0.910. The van der Waals surface area contributed by atoms with Crippen LogP contribution in [0.1, 0.15) is 36.9 Å². The Hall–Kier alpha value is -2.37. The van der Waals surface area contributed by atoms with E-state index in [1.165, 1.54) is 12.5 Å². The van der Waals surface area contributed by atoms with Crippen molar-refractivity contribution >= 4 is 17.8 Å². The SMILES string of the molecule is CC(=O)N1CCc2ccccc2[C@@H]1CC(=O)N1CC[C@H](C(=O)O)C1. The van der Waals surface area contributed by atoms with Crippen molar-refractivity contribution in [1.29, 1.82) is 0 Å². The van der Waals surface area contributed by atoms with E-state index in [2.05, 4.69) is 0 Å². The van der Waals surface area contributed by atoms with Crippen molar-refractivity contribution in [3.05, 3.63) is 35.4 Å². The standard InChI is InChI=1S/C18H22N2O4/c1-12(21)20-9-7-13-4-2-3-5-15(13)16(20)10-17(22)19-8-6-14(11-19)18(23)24/h2-5,14,16H,6-11H2,1H3,(H,23,24)/t14-,16-/m0/s1. The molecule has 24 heavy (non-hydrogen) atoms. The number of carbonyl (C=O) groups is 3. The number of carboxylic acid groups (broad SMARTS) is 1. The van der Waals surface area contributed by atoms with E-state index in [4.69, 9.17) is 5.11 Å². The first-order valence-electron chi connectivity index (χ1n) is 8.33. The predicted octanol–water partition coefficient (Wildman–Crippen LogP) is 1.46. The third-order valence-electron chi connectivity index (χ3n) is 5.07. The Morgan fingerprint density at radius 2 is 1.96 bits per heavy atom. The van der Waals surface area contributed by atoms with Crippen LogP contribution >= 0.6 is 0 Å². The zero-order valence-electron chi connectivity index (χ0n) is 13.8. The fourth-order valence-corrected chi connectivity index (χ4v) is 3.73. The van der Waals surface area contributed by atoms with Crippen LogP contribution in [0.15, 0.2) is 24.3 Å². The summed E-state index contributed by atoms with van der Waals surface area (Å²) in [4.78, 5) is 39.1. The number of benzene rings is 1. The van der Waals surface area contributed by atoms with Gasteiger partial charge in [0, 0.05) is 26.6 Å². The third-order valence-corrected chi connectivity index (χ3v) is 5.07. The predicted molar refractivity (Wildman–Crippen MR) is 87.2 cm³/mol. The number of carboxylic acids is 1. The van der Waals surface area contributed by atoms with Crippen molar-refractivity contribution in [2.45, 2.75) is 32.2 Å². The number of rotatable bonds is 3. The molecule has 0 spiro atoms. The first kappa shape index (κ1) is 16.5. The van der Waals surface area contributed by atoms with Crippen molar-refractivity contribution in [2.75, 3.05) is 19.6 Å². The summed E-state index contributed by atoms with van der Waals surface area (Å²) in [6.45, 7) is 2.89. The fourth-order valence-electron chi connectivity index (χ4n) is 3.73. The lowest BCUT2D eigenvalue weighted by Gasteiger charge is -2.37. The summed E-state index contributed by atoms with van der Waals surface area (Å²) in [5, 5.41) is 9.09. The molecule has 0 radical (unpaired) electrons. The van der Waals surface area contributed by atoms with Gasteiger partial charge >= 0.3 is 5.97 Å². The van der Waals surface area contributed by atoms with Gasteiger partial charge in [0.05, 0.1) is 18.4 Å². The van der Waals surface area contributed by atoms with Gasteiger partial charge < -0.3 is 14.9 Å². The molecular weight excluding hydrogens is 308 g/mol. The van der Waals surface area contributed by atoms with Crippen LogP contribution in [0.25, 0.3) is 0 Å². The summed E-state index contributed by atoms with van der Waals surface area (Å²) in [6, 6.07) is 7.66. The van der Waals surface area contributed by atoms with E-state index in [-0.39, 0.29) is 30.8 Å². The number of nitrogens with zero attached hydrogens (tertiary/aromatic N) is 2. The second-order valence-electron chi connectivity index (χ2n) is 6.54. The number of likely N-dealkylation sites (tertiary alicyclic amines) is 1. The van der Waals surface area contributed by atoms with Crippen molar-refractivity contribution < 1.29 is 19.5 Å². The molecule has 2 heterocycles. The maximum atomic E-state index is 12.7. The molecule has 1 N–H and O–H groups in total. The van der Waals surface area contributed by atoms with Crippen molar-refractivity contribution in [2.24, 2.45) is 5.92 Å². The highest BCUT2D eigenvalue weighted by molar-refractivity contribution is 5.81. The van der Waals surface area contributed by atoms with Crippen LogP contribution in [-0.2, 0) is 20.8 Å². The smallest absolute Gasteiger partial charge is 0.308 e. The molecule has 1 saturated heterocycles. The van der Waals surface area contributed by atoms with Gasteiger partial charge in [-0.1, -0.05) is 24.3 Å². The van der Waals surface area contributed by atoms with Gasteiger partial charge in [-0.2, -0.15) is 0 Å². The molecule has 1 fully saturated rings. The Morgan fingerprint density at radius 3 is 2.62 bits per heavy atom. The number of fused-ring (bicyclic) bond motifs is 1. The van der Waals surface area contributed by atoms with Crippen LogP contribution in [-0.4, -0.2) is 52.3 Å². The zero-order valence-corrected chi connectivity index (χ0v) is 13.8. The lowest BCUT2D eigenvalue weighted by atomic mass is 9.90. The molecule has 6 heteroatoms. The van der Waals surface area contributed by atoms with Crippen LogP contribution < -0.4 is 0 Å². The molecule has 3 rings (SSSR count). The van der Waals surface area contributed by atoms with Crippen LogP contribution in [0.5, 0.6) is 0 Å². The number of hydrogen-bond donors (Lipinski definition) is 1. The van der Waals surface area contributed by atoms with E-state index in [0.29, 0.717) is 19.5 Å². The highest BCUT2D eigenvalue weighted by Crippen LogP contribution is 2.33. The van der Waals surface area contributed by atoms with Gasteiger partial charge in [-0.15, -0.1) is 0 Å². The fraction of sp³-hybridized carbons (Fsp3) is 0.500. The van der Waals surface area contributed by atoms with E-state index in [1.807, 2.05) is 24.3 Å². The van der Waals surface area contributed by atoms with Crippen molar-refractivity contribution in [1.82, 2.24) is 9.80 Å². The van der Waals surface area contributed by atoms with Crippen molar-refractivity contribution in [3.8, 4) is 0 Å².